The minimum absolute atomic E-state index is 0.0168. The van der Waals surface area contributed by atoms with Gasteiger partial charge in [0.05, 0.1) is 11.8 Å². The summed E-state index contributed by atoms with van der Waals surface area (Å²) in [7, 11) is 0. The van der Waals surface area contributed by atoms with E-state index in [-0.39, 0.29) is 11.7 Å². The fraction of sp³-hybridized carbons (Fsp3) is 0.583. The van der Waals surface area contributed by atoms with Gasteiger partial charge in [0.2, 0.25) is 0 Å². The number of carbonyl (C=O) groups is 1. The van der Waals surface area contributed by atoms with Crippen molar-refractivity contribution in [1.82, 2.24) is 9.97 Å². The van der Waals surface area contributed by atoms with Gasteiger partial charge in [0.25, 0.3) is 5.56 Å². The second-order valence-corrected chi connectivity index (χ2v) is 4.64. The second kappa shape index (κ2) is 4.31. The molecule has 1 saturated carbocycles. The molecule has 1 aromatic rings. The summed E-state index contributed by atoms with van der Waals surface area (Å²) in [5.41, 5.74) is 0.0643. The van der Waals surface area contributed by atoms with Crippen LogP contribution in [0.5, 0.6) is 0 Å². The highest BCUT2D eigenvalue weighted by Gasteiger charge is 2.28. The van der Waals surface area contributed by atoms with Crippen molar-refractivity contribution < 1.29 is 9.53 Å². The van der Waals surface area contributed by atoms with Crippen molar-refractivity contribution in [2.75, 3.05) is 0 Å². The van der Waals surface area contributed by atoms with Gasteiger partial charge in [-0.2, -0.15) is 0 Å². The summed E-state index contributed by atoms with van der Waals surface area (Å²) in [6.07, 6.45) is 1.86. The minimum atomic E-state index is -0.603. The van der Waals surface area contributed by atoms with E-state index >= 15 is 0 Å². The van der Waals surface area contributed by atoms with Gasteiger partial charge in [-0.15, -0.1) is 0 Å². The van der Waals surface area contributed by atoms with Crippen LogP contribution >= 0.6 is 0 Å². The Morgan fingerprint density at radius 1 is 1.47 bits per heavy atom. The van der Waals surface area contributed by atoms with E-state index in [0.29, 0.717) is 17.4 Å². The lowest BCUT2D eigenvalue weighted by Crippen LogP contribution is -2.25. The van der Waals surface area contributed by atoms with Gasteiger partial charge in [-0.3, -0.25) is 4.79 Å². The summed E-state index contributed by atoms with van der Waals surface area (Å²) in [5.74, 6) is 0.443. The van der Waals surface area contributed by atoms with Gasteiger partial charge >= 0.3 is 5.97 Å². The minimum Gasteiger partial charge on any atom is -0.459 e. The predicted molar refractivity (Wildman–Crippen MR) is 62.1 cm³/mol. The van der Waals surface area contributed by atoms with Gasteiger partial charge < -0.3 is 9.72 Å². The lowest BCUT2D eigenvalue weighted by Gasteiger charge is -2.09. The van der Waals surface area contributed by atoms with Crippen molar-refractivity contribution in [1.29, 1.82) is 0 Å². The van der Waals surface area contributed by atoms with E-state index in [4.69, 9.17) is 4.74 Å². The smallest absolute Gasteiger partial charge is 0.345 e. The van der Waals surface area contributed by atoms with Crippen LogP contribution in [0.3, 0.4) is 0 Å². The predicted octanol–water partition coefficient (Wildman–Crippen LogP) is 1.52. The third-order valence-electron chi connectivity index (χ3n) is 2.63. The molecule has 0 bridgehead atoms. The van der Waals surface area contributed by atoms with E-state index in [1.807, 2.05) is 0 Å². The molecule has 0 radical (unpaired) electrons. The Hall–Kier alpha value is -1.65. The standard InChI is InChI=1S/C12H16N2O3/c1-6(2)17-12(16)9-7(3)13-10(8-4-5-8)14-11(9)15/h6,8H,4-5H2,1-3H3,(H,13,14,15). The van der Waals surface area contributed by atoms with Crippen molar-refractivity contribution in [2.24, 2.45) is 0 Å². The van der Waals surface area contributed by atoms with Gasteiger partial charge in [-0.25, -0.2) is 9.78 Å². The molecular weight excluding hydrogens is 220 g/mol. The molecule has 2 rings (SSSR count). The molecule has 0 amide bonds. The maximum absolute atomic E-state index is 11.8. The number of aromatic amines is 1. The van der Waals surface area contributed by atoms with Crippen molar-refractivity contribution in [2.45, 2.75) is 45.6 Å². The SMILES string of the molecule is Cc1nc(C2CC2)[nH]c(=O)c1C(=O)OC(C)C. The number of aromatic nitrogens is 2. The summed E-state index contributed by atoms with van der Waals surface area (Å²) in [4.78, 5) is 30.5. The van der Waals surface area contributed by atoms with Crippen LogP contribution in [0.1, 0.15) is 54.5 Å². The fourth-order valence-corrected chi connectivity index (χ4v) is 1.67. The normalized spacial score (nSPS) is 15.1. The second-order valence-electron chi connectivity index (χ2n) is 4.64. The van der Waals surface area contributed by atoms with Gasteiger partial charge in [-0.1, -0.05) is 0 Å². The number of nitrogens with zero attached hydrogens (tertiary/aromatic N) is 1. The highest BCUT2D eigenvalue weighted by Crippen LogP contribution is 2.37. The molecule has 0 aliphatic heterocycles. The number of hydrogen-bond acceptors (Lipinski definition) is 4. The third-order valence-corrected chi connectivity index (χ3v) is 2.63. The lowest BCUT2D eigenvalue weighted by molar-refractivity contribution is 0.0374. The van der Waals surface area contributed by atoms with E-state index < -0.39 is 11.5 Å². The van der Waals surface area contributed by atoms with Crippen LogP contribution in [0.2, 0.25) is 0 Å². The Morgan fingerprint density at radius 3 is 2.59 bits per heavy atom. The first-order valence-corrected chi connectivity index (χ1v) is 5.81. The number of esters is 1. The van der Waals surface area contributed by atoms with Crippen LogP contribution < -0.4 is 5.56 Å². The van der Waals surface area contributed by atoms with E-state index in [9.17, 15) is 9.59 Å². The number of rotatable bonds is 3. The van der Waals surface area contributed by atoms with Gasteiger partial charge in [0, 0.05) is 5.92 Å². The summed E-state index contributed by atoms with van der Waals surface area (Å²) < 4.78 is 5.01. The van der Waals surface area contributed by atoms with Gasteiger partial charge in [0.15, 0.2) is 0 Å². The van der Waals surface area contributed by atoms with Crippen molar-refractivity contribution in [3.63, 3.8) is 0 Å². The third kappa shape index (κ3) is 2.54. The number of H-pyrrole nitrogens is 1. The molecule has 17 heavy (non-hydrogen) atoms. The molecule has 1 heterocycles. The molecule has 0 unspecified atom stereocenters. The van der Waals surface area contributed by atoms with Crippen LogP contribution in [0.25, 0.3) is 0 Å². The zero-order chi connectivity index (χ0) is 12.6. The average molecular weight is 236 g/mol. The largest absolute Gasteiger partial charge is 0.459 e. The van der Waals surface area contributed by atoms with E-state index in [1.165, 1.54) is 0 Å². The van der Waals surface area contributed by atoms with Crippen molar-refractivity contribution in [3.8, 4) is 0 Å². The average Bonchev–Trinajstić information content (AvgIpc) is 2.97. The molecule has 1 N–H and O–H groups in total. The summed E-state index contributed by atoms with van der Waals surface area (Å²) in [6, 6.07) is 0. The number of aryl methyl sites for hydroxylation is 1. The first-order valence-electron chi connectivity index (χ1n) is 5.81. The number of nitrogens with one attached hydrogen (secondary N) is 1. The molecule has 0 saturated heterocycles. The van der Waals surface area contributed by atoms with Gasteiger partial charge in [-0.05, 0) is 33.6 Å². The summed E-state index contributed by atoms with van der Waals surface area (Å²) in [5, 5.41) is 0. The number of carbonyl (C=O) groups excluding carboxylic acids is 1. The zero-order valence-corrected chi connectivity index (χ0v) is 10.2. The Balaban J connectivity index is 2.34. The molecule has 5 nitrogen and oxygen atoms in total. The number of hydrogen-bond donors (Lipinski definition) is 1. The zero-order valence-electron chi connectivity index (χ0n) is 10.2. The molecular formula is C12H16N2O3. The quantitative estimate of drug-likeness (QED) is 0.808. The highest BCUT2D eigenvalue weighted by molar-refractivity contribution is 5.90. The summed E-state index contributed by atoms with van der Waals surface area (Å²) in [6.45, 7) is 5.15. The van der Waals surface area contributed by atoms with Gasteiger partial charge in [0.1, 0.15) is 11.4 Å². The van der Waals surface area contributed by atoms with Crippen molar-refractivity contribution in [3.05, 3.63) is 27.4 Å². The molecule has 0 atom stereocenters. The fourth-order valence-electron chi connectivity index (χ4n) is 1.67. The molecule has 1 aliphatic carbocycles. The molecule has 1 fully saturated rings. The van der Waals surface area contributed by atoms with Crippen molar-refractivity contribution >= 4 is 5.97 Å². The molecule has 5 heteroatoms. The Kier molecular flexibility index (Phi) is 3.00. The highest BCUT2D eigenvalue weighted by atomic mass is 16.5. The molecule has 0 spiro atoms. The molecule has 1 aliphatic rings. The van der Waals surface area contributed by atoms with E-state index in [1.54, 1.807) is 20.8 Å². The molecule has 1 aromatic heterocycles. The van der Waals surface area contributed by atoms with Crippen LogP contribution in [-0.4, -0.2) is 22.0 Å². The molecule has 0 aromatic carbocycles. The van der Waals surface area contributed by atoms with Crippen LogP contribution in [0, 0.1) is 6.92 Å². The molecule has 92 valence electrons. The van der Waals surface area contributed by atoms with E-state index in [0.717, 1.165) is 12.8 Å². The van der Waals surface area contributed by atoms with Crippen LogP contribution in [0.4, 0.5) is 0 Å². The Bertz CT molecular complexity index is 501. The maximum Gasteiger partial charge on any atom is 0.345 e. The van der Waals surface area contributed by atoms with Crippen LogP contribution in [0.15, 0.2) is 4.79 Å². The Labute approximate surface area is 99.2 Å². The van der Waals surface area contributed by atoms with E-state index in [2.05, 4.69) is 9.97 Å². The number of ether oxygens (including phenoxy) is 1. The Morgan fingerprint density at radius 2 is 2.12 bits per heavy atom. The summed E-state index contributed by atoms with van der Waals surface area (Å²) >= 11 is 0. The van der Waals surface area contributed by atoms with Crippen LogP contribution in [-0.2, 0) is 4.74 Å². The first-order chi connectivity index (χ1) is 7.99. The first kappa shape index (κ1) is 11.8. The maximum atomic E-state index is 11.8. The topological polar surface area (TPSA) is 72.0 Å². The lowest BCUT2D eigenvalue weighted by atomic mass is 10.2. The monoisotopic (exact) mass is 236 g/mol.